The molecule has 114 valence electrons. The van der Waals surface area contributed by atoms with Crippen LogP contribution >= 0.6 is 11.3 Å². The van der Waals surface area contributed by atoms with E-state index in [0.29, 0.717) is 5.92 Å². The van der Waals surface area contributed by atoms with Gasteiger partial charge in [0.1, 0.15) is 5.82 Å². The van der Waals surface area contributed by atoms with Crippen molar-refractivity contribution < 1.29 is 0 Å². The highest BCUT2D eigenvalue weighted by molar-refractivity contribution is 7.22. The molecule has 4 nitrogen and oxygen atoms in total. The lowest BCUT2D eigenvalue weighted by Gasteiger charge is -2.31. The number of anilines is 1. The number of hydrogen-bond donors (Lipinski definition) is 0. The van der Waals surface area contributed by atoms with E-state index < -0.39 is 0 Å². The fourth-order valence-electron chi connectivity index (χ4n) is 3.27. The van der Waals surface area contributed by atoms with E-state index in [2.05, 4.69) is 51.8 Å². The Balaban J connectivity index is 1.49. The maximum atomic E-state index is 4.78. The van der Waals surface area contributed by atoms with E-state index in [1.54, 1.807) is 11.3 Å². The first-order valence-corrected chi connectivity index (χ1v) is 8.78. The molecule has 5 heteroatoms. The smallest absolute Gasteiger partial charge is 0.186 e. The van der Waals surface area contributed by atoms with Crippen LogP contribution in [0.2, 0.25) is 0 Å². The van der Waals surface area contributed by atoms with Crippen molar-refractivity contribution in [1.82, 2.24) is 14.5 Å². The number of fused-ring (bicyclic) bond motifs is 1. The molecule has 0 spiro atoms. The molecule has 4 rings (SSSR count). The zero-order chi connectivity index (χ0) is 14.9. The third-order valence-electron chi connectivity index (χ3n) is 4.50. The molecule has 1 fully saturated rings. The van der Waals surface area contributed by atoms with Gasteiger partial charge in [-0.1, -0.05) is 23.5 Å². The number of rotatable bonds is 3. The van der Waals surface area contributed by atoms with Crippen molar-refractivity contribution in [3.05, 3.63) is 42.5 Å². The monoisotopic (exact) mass is 312 g/mol. The van der Waals surface area contributed by atoms with Crippen LogP contribution in [0.3, 0.4) is 0 Å². The van der Waals surface area contributed by atoms with Gasteiger partial charge in [-0.2, -0.15) is 0 Å². The molecule has 0 aliphatic carbocycles. The van der Waals surface area contributed by atoms with Gasteiger partial charge in [0.05, 0.1) is 10.2 Å². The minimum absolute atomic E-state index is 0.584. The summed E-state index contributed by atoms with van der Waals surface area (Å²) in [7, 11) is 0. The predicted molar refractivity (Wildman–Crippen MR) is 91.7 cm³/mol. The second-order valence-corrected chi connectivity index (χ2v) is 6.81. The van der Waals surface area contributed by atoms with Crippen LogP contribution in [0.1, 0.15) is 31.5 Å². The summed E-state index contributed by atoms with van der Waals surface area (Å²) in [6.07, 6.45) is 6.34. The zero-order valence-electron chi connectivity index (χ0n) is 12.8. The molecule has 0 unspecified atom stereocenters. The fraction of sp³-hybridized carbons (Fsp3) is 0.412. The number of piperidine rings is 1. The third kappa shape index (κ3) is 2.39. The topological polar surface area (TPSA) is 34.0 Å². The van der Waals surface area contributed by atoms with Gasteiger partial charge in [0.15, 0.2) is 5.13 Å². The van der Waals surface area contributed by atoms with Gasteiger partial charge >= 0.3 is 0 Å². The Kier molecular flexibility index (Phi) is 3.58. The molecule has 3 heterocycles. The van der Waals surface area contributed by atoms with E-state index in [0.717, 1.165) is 38.0 Å². The molecule has 0 bridgehead atoms. The Morgan fingerprint density at radius 2 is 2.05 bits per heavy atom. The minimum Gasteiger partial charge on any atom is -0.348 e. The second kappa shape index (κ2) is 5.72. The summed E-state index contributed by atoms with van der Waals surface area (Å²) in [5.74, 6) is 1.84. The third-order valence-corrected chi connectivity index (χ3v) is 5.60. The fourth-order valence-corrected chi connectivity index (χ4v) is 4.29. The normalized spacial score (nSPS) is 16.5. The average Bonchev–Trinajstić information content (AvgIpc) is 3.21. The van der Waals surface area contributed by atoms with Gasteiger partial charge in [0, 0.05) is 37.9 Å². The molecule has 2 aromatic heterocycles. The Morgan fingerprint density at radius 1 is 1.23 bits per heavy atom. The number of para-hydroxylation sites is 1. The highest BCUT2D eigenvalue weighted by Crippen LogP contribution is 2.33. The number of nitrogens with zero attached hydrogens (tertiary/aromatic N) is 4. The zero-order valence-corrected chi connectivity index (χ0v) is 13.6. The lowest BCUT2D eigenvalue weighted by Crippen LogP contribution is -2.33. The molecule has 1 aromatic carbocycles. The maximum Gasteiger partial charge on any atom is 0.186 e. The summed E-state index contributed by atoms with van der Waals surface area (Å²) in [5.41, 5.74) is 1.12. The van der Waals surface area contributed by atoms with E-state index in [1.165, 1.54) is 15.7 Å². The van der Waals surface area contributed by atoms with Crippen LogP contribution < -0.4 is 4.90 Å². The molecular weight excluding hydrogens is 292 g/mol. The van der Waals surface area contributed by atoms with Crippen LogP contribution in [0.15, 0.2) is 36.7 Å². The summed E-state index contributed by atoms with van der Waals surface area (Å²) < 4.78 is 3.55. The summed E-state index contributed by atoms with van der Waals surface area (Å²) >= 11 is 1.80. The van der Waals surface area contributed by atoms with Gasteiger partial charge in [-0.3, -0.25) is 0 Å². The molecule has 0 N–H and O–H groups in total. The Bertz CT molecular complexity index is 735. The summed E-state index contributed by atoms with van der Waals surface area (Å²) in [6, 6.07) is 8.39. The minimum atomic E-state index is 0.584. The maximum absolute atomic E-state index is 4.78. The van der Waals surface area contributed by atoms with Crippen LogP contribution in [0.4, 0.5) is 5.13 Å². The van der Waals surface area contributed by atoms with Gasteiger partial charge in [-0.05, 0) is 31.9 Å². The highest BCUT2D eigenvalue weighted by atomic mass is 32.1. The first-order chi connectivity index (χ1) is 10.8. The summed E-state index contributed by atoms with van der Waals surface area (Å²) in [5, 5.41) is 1.17. The molecule has 1 saturated heterocycles. The Hall–Kier alpha value is -1.88. The molecule has 0 saturated carbocycles. The van der Waals surface area contributed by atoms with Gasteiger partial charge in [-0.15, -0.1) is 0 Å². The summed E-state index contributed by atoms with van der Waals surface area (Å²) in [4.78, 5) is 11.8. The number of aromatic nitrogens is 3. The van der Waals surface area contributed by atoms with Crippen molar-refractivity contribution in [2.75, 3.05) is 18.0 Å². The largest absolute Gasteiger partial charge is 0.348 e. The second-order valence-electron chi connectivity index (χ2n) is 5.80. The van der Waals surface area contributed by atoms with Gasteiger partial charge in [-0.25, -0.2) is 9.97 Å². The van der Waals surface area contributed by atoms with Crippen LogP contribution in [-0.2, 0) is 6.54 Å². The molecule has 0 atom stereocenters. The van der Waals surface area contributed by atoms with Crippen molar-refractivity contribution in [3.63, 3.8) is 0 Å². The predicted octanol–water partition coefficient (Wildman–Crippen LogP) is 3.90. The highest BCUT2D eigenvalue weighted by Gasteiger charge is 2.25. The molecule has 1 aliphatic heterocycles. The van der Waals surface area contributed by atoms with Crippen LogP contribution in [0.25, 0.3) is 10.2 Å². The van der Waals surface area contributed by atoms with E-state index in [-0.39, 0.29) is 0 Å². The Labute approximate surface area is 134 Å². The van der Waals surface area contributed by atoms with Crippen molar-refractivity contribution in [2.24, 2.45) is 0 Å². The van der Waals surface area contributed by atoms with Crippen LogP contribution in [-0.4, -0.2) is 27.6 Å². The van der Waals surface area contributed by atoms with Crippen LogP contribution in [0.5, 0.6) is 0 Å². The first kappa shape index (κ1) is 13.8. The van der Waals surface area contributed by atoms with Gasteiger partial charge in [0.25, 0.3) is 0 Å². The number of benzene rings is 1. The van der Waals surface area contributed by atoms with Gasteiger partial charge < -0.3 is 9.47 Å². The van der Waals surface area contributed by atoms with E-state index in [4.69, 9.17) is 4.98 Å². The first-order valence-electron chi connectivity index (χ1n) is 7.96. The van der Waals surface area contributed by atoms with Crippen LogP contribution in [0, 0.1) is 0 Å². The quantitative estimate of drug-likeness (QED) is 0.735. The molecule has 0 amide bonds. The lowest BCUT2D eigenvalue weighted by molar-refractivity contribution is 0.468. The van der Waals surface area contributed by atoms with Crippen molar-refractivity contribution in [2.45, 2.75) is 32.2 Å². The number of imidazole rings is 1. The van der Waals surface area contributed by atoms with Crippen molar-refractivity contribution in [3.8, 4) is 0 Å². The van der Waals surface area contributed by atoms with Crippen molar-refractivity contribution >= 4 is 26.7 Å². The molecule has 0 radical (unpaired) electrons. The number of hydrogen-bond acceptors (Lipinski definition) is 4. The SMILES string of the molecule is CCn1ccnc1C1CCN(c2nc3ccccc3s2)CC1. The molecule has 3 aromatic rings. The number of aryl methyl sites for hydroxylation is 1. The summed E-state index contributed by atoms with van der Waals surface area (Å²) in [6.45, 7) is 5.33. The van der Waals surface area contributed by atoms with Gasteiger partial charge in [0.2, 0.25) is 0 Å². The van der Waals surface area contributed by atoms with Crippen molar-refractivity contribution in [1.29, 1.82) is 0 Å². The Morgan fingerprint density at radius 3 is 2.82 bits per heavy atom. The lowest BCUT2D eigenvalue weighted by atomic mass is 9.96. The molecule has 1 aliphatic rings. The molecular formula is C17H20N4S. The van der Waals surface area contributed by atoms with E-state index >= 15 is 0 Å². The standard InChI is InChI=1S/C17H20N4S/c1-2-20-12-9-18-16(20)13-7-10-21(11-8-13)17-19-14-5-3-4-6-15(14)22-17/h3-6,9,12-13H,2,7-8,10-11H2,1H3. The number of thiazole rings is 1. The average molecular weight is 312 g/mol. The molecule has 22 heavy (non-hydrogen) atoms. The van der Waals surface area contributed by atoms with E-state index in [9.17, 15) is 0 Å². The van der Waals surface area contributed by atoms with E-state index in [1.807, 2.05) is 6.20 Å².